The molecule has 0 fully saturated rings. The quantitative estimate of drug-likeness (QED) is 0.610. The third kappa shape index (κ3) is 4.30. The third-order valence-corrected chi connectivity index (χ3v) is 5.59. The summed E-state index contributed by atoms with van der Waals surface area (Å²) in [6, 6.07) is 14.6. The summed E-state index contributed by atoms with van der Waals surface area (Å²) in [4.78, 5) is 18.5. The molecule has 3 aromatic rings. The number of aryl methyl sites for hydroxylation is 1. The molecule has 0 atom stereocenters. The van der Waals surface area contributed by atoms with Crippen molar-refractivity contribution in [1.29, 1.82) is 0 Å². The maximum Gasteiger partial charge on any atom is 0.229 e. The molecule has 0 saturated heterocycles. The van der Waals surface area contributed by atoms with E-state index >= 15 is 0 Å². The Labute approximate surface area is 182 Å². The van der Waals surface area contributed by atoms with Gasteiger partial charge in [0.25, 0.3) is 0 Å². The maximum atomic E-state index is 5.62. The van der Waals surface area contributed by atoms with E-state index in [9.17, 15) is 0 Å². The van der Waals surface area contributed by atoms with E-state index < -0.39 is 0 Å². The lowest BCUT2D eigenvalue weighted by Gasteiger charge is -2.33. The van der Waals surface area contributed by atoms with Gasteiger partial charge in [-0.05, 0) is 24.1 Å². The first-order valence-electron chi connectivity index (χ1n) is 10.5. The van der Waals surface area contributed by atoms with Crippen LogP contribution in [0.3, 0.4) is 0 Å². The zero-order chi connectivity index (χ0) is 21.0. The van der Waals surface area contributed by atoms with Crippen LogP contribution in [-0.4, -0.2) is 34.8 Å². The highest BCUT2D eigenvalue weighted by atomic mass is 16.7. The highest BCUT2D eigenvalue weighted by Crippen LogP contribution is 2.30. The number of pyridine rings is 1. The first-order chi connectivity index (χ1) is 15.3. The molecule has 7 nitrogen and oxygen atoms in total. The summed E-state index contributed by atoms with van der Waals surface area (Å²) in [6.45, 7) is 5.24. The number of rotatable bonds is 6. The van der Waals surface area contributed by atoms with Crippen molar-refractivity contribution in [3.8, 4) is 0 Å². The summed E-state index contributed by atoms with van der Waals surface area (Å²) in [7, 11) is 0. The minimum absolute atomic E-state index is 0.267. The van der Waals surface area contributed by atoms with Crippen LogP contribution in [0, 0.1) is 6.92 Å². The van der Waals surface area contributed by atoms with Gasteiger partial charge < -0.3 is 19.3 Å². The molecule has 1 aromatic carbocycles. The molecule has 0 radical (unpaired) electrons. The van der Waals surface area contributed by atoms with Crippen LogP contribution in [0.4, 0.5) is 11.6 Å². The summed E-state index contributed by atoms with van der Waals surface area (Å²) in [5.41, 5.74) is 4.61. The molecule has 0 spiro atoms. The number of nitrogens with zero attached hydrogens (tertiary/aromatic N) is 5. The highest BCUT2D eigenvalue weighted by Gasteiger charge is 2.26. The molecule has 2 aliphatic rings. The Balaban J connectivity index is 1.47. The van der Waals surface area contributed by atoms with Gasteiger partial charge in [-0.3, -0.25) is 0 Å². The van der Waals surface area contributed by atoms with Crippen molar-refractivity contribution in [1.82, 2.24) is 15.0 Å². The lowest BCUT2D eigenvalue weighted by atomic mass is 10.0. The van der Waals surface area contributed by atoms with E-state index in [1.54, 1.807) is 12.6 Å². The van der Waals surface area contributed by atoms with Gasteiger partial charge in [-0.2, -0.15) is 0 Å². The predicted octanol–water partition coefficient (Wildman–Crippen LogP) is 3.60. The van der Waals surface area contributed by atoms with Crippen molar-refractivity contribution in [2.24, 2.45) is 0 Å². The molecule has 2 aliphatic heterocycles. The Kier molecular flexibility index (Phi) is 5.39. The second-order valence-corrected chi connectivity index (χ2v) is 7.84. The van der Waals surface area contributed by atoms with Gasteiger partial charge in [0.2, 0.25) is 6.79 Å². The molecule has 0 bridgehead atoms. The normalized spacial score (nSPS) is 15.0. The highest BCUT2D eigenvalue weighted by molar-refractivity contribution is 5.54. The molecule has 0 aliphatic carbocycles. The number of aromatic nitrogens is 3. The smallest absolute Gasteiger partial charge is 0.229 e. The van der Waals surface area contributed by atoms with Gasteiger partial charge in [0, 0.05) is 37.8 Å². The van der Waals surface area contributed by atoms with Crippen molar-refractivity contribution in [3.63, 3.8) is 0 Å². The molecule has 7 heteroatoms. The molecular formula is C24H25N5O2. The average molecular weight is 415 g/mol. The molecule has 158 valence electrons. The fourth-order valence-electron chi connectivity index (χ4n) is 3.99. The predicted molar refractivity (Wildman–Crippen MR) is 118 cm³/mol. The van der Waals surface area contributed by atoms with Gasteiger partial charge in [0.1, 0.15) is 24.2 Å². The van der Waals surface area contributed by atoms with E-state index in [0.29, 0.717) is 13.1 Å². The summed E-state index contributed by atoms with van der Waals surface area (Å²) in [5, 5.41) is 0. The Bertz CT molecular complexity index is 1070. The van der Waals surface area contributed by atoms with Crippen LogP contribution in [-0.2, 0) is 29.0 Å². The SMILES string of the molecule is Cc1ccc(N2CCc3ncnc(N(CC4=COCO4)Cc4ccccc4)c3C2)nc1. The number of anilines is 2. The number of ether oxygens (including phenoxy) is 2. The van der Waals surface area contributed by atoms with Gasteiger partial charge in [0.15, 0.2) is 5.76 Å². The van der Waals surface area contributed by atoms with Crippen LogP contribution < -0.4 is 9.80 Å². The van der Waals surface area contributed by atoms with Crippen LogP contribution in [0.2, 0.25) is 0 Å². The standard InChI is InChI=1S/C24H25N5O2/c1-18-7-8-23(25-11-18)28-10-9-22-21(14-28)24(27-16-26-22)29(13-20-15-30-17-31-20)12-19-5-3-2-4-6-19/h2-8,11,15-16H,9-10,12-14,17H2,1H3. The maximum absolute atomic E-state index is 5.62. The van der Waals surface area contributed by atoms with E-state index in [2.05, 4.69) is 63.1 Å². The molecule has 4 heterocycles. The van der Waals surface area contributed by atoms with Gasteiger partial charge in [0.05, 0.1) is 12.2 Å². The molecule has 0 N–H and O–H groups in total. The first-order valence-corrected chi connectivity index (χ1v) is 10.5. The fraction of sp³-hybridized carbons (Fsp3) is 0.292. The van der Waals surface area contributed by atoms with E-state index in [4.69, 9.17) is 14.5 Å². The molecule has 0 saturated carbocycles. The lowest BCUT2D eigenvalue weighted by Crippen LogP contribution is -2.35. The Hall–Kier alpha value is -3.61. The monoisotopic (exact) mass is 415 g/mol. The van der Waals surface area contributed by atoms with Crippen LogP contribution in [0.15, 0.2) is 67.0 Å². The summed E-state index contributed by atoms with van der Waals surface area (Å²) < 4.78 is 10.9. The molecule has 5 rings (SSSR count). The van der Waals surface area contributed by atoms with E-state index in [0.717, 1.165) is 53.7 Å². The Morgan fingerprint density at radius 2 is 1.94 bits per heavy atom. The number of hydrogen-bond acceptors (Lipinski definition) is 7. The minimum Gasteiger partial charge on any atom is -0.462 e. The summed E-state index contributed by atoms with van der Waals surface area (Å²) in [5.74, 6) is 2.72. The van der Waals surface area contributed by atoms with E-state index in [-0.39, 0.29) is 6.79 Å². The van der Waals surface area contributed by atoms with Crippen molar-refractivity contribution in [2.75, 3.05) is 29.7 Å². The Morgan fingerprint density at radius 3 is 2.71 bits per heavy atom. The van der Waals surface area contributed by atoms with Crippen molar-refractivity contribution in [2.45, 2.75) is 26.4 Å². The van der Waals surface area contributed by atoms with Crippen LogP contribution in [0.1, 0.15) is 22.4 Å². The minimum atomic E-state index is 0.267. The molecule has 0 unspecified atom stereocenters. The van der Waals surface area contributed by atoms with Crippen molar-refractivity contribution in [3.05, 3.63) is 89.4 Å². The van der Waals surface area contributed by atoms with Gasteiger partial charge in [-0.15, -0.1) is 0 Å². The van der Waals surface area contributed by atoms with E-state index in [1.807, 2.05) is 12.3 Å². The number of hydrogen-bond donors (Lipinski definition) is 0. The largest absolute Gasteiger partial charge is 0.462 e. The van der Waals surface area contributed by atoms with Gasteiger partial charge in [-0.25, -0.2) is 15.0 Å². The lowest BCUT2D eigenvalue weighted by molar-refractivity contribution is 0.0797. The van der Waals surface area contributed by atoms with E-state index in [1.165, 1.54) is 5.56 Å². The first kappa shape index (κ1) is 19.4. The number of fused-ring (bicyclic) bond motifs is 1. The molecule has 31 heavy (non-hydrogen) atoms. The molecule has 0 amide bonds. The number of benzene rings is 1. The van der Waals surface area contributed by atoms with Gasteiger partial charge >= 0.3 is 0 Å². The van der Waals surface area contributed by atoms with Crippen molar-refractivity contribution >= 4 is 11.6 Å². The molecular weight excluding hydrogens is 390 g/mol. The Morgan fingerprint density at radius 1 is 1.03 bits per heavy atom. The van der Waals surface area contributed by atoms with Crippen LogP contribution >= 0.6 is 0 Å². The average Bonchev–Trinajstić information content (AvgIpc) is 3.32. The summed E-state index contributed by atoms with van der Waals surface area (Å²) >= 11 is 0. The van der Waals surface area contributed by atoms with Crippen LogP contribution in [0.5, 0.6) is 0 Å². The topological polar surface area (TPSA) is 63.6 Å². The van der Waals surface area contributed by atoms with Crippen LogP contribution in [0.25, 0.3) is 0 Å². The zero-order valence-corrected chi connectivity index (χ0v) is 17.6. The second-order valence-electron chi connectivity index (χ2n) is 7.84. The second kappa shape index (κ2) is 8.63. The third-order valence-electron chi connectivity index (χ3n) is 5.59. The zero-order valence-electron chi connectivity index (χ0n) is 17.6. The fourth-order valence-corrected chi connectivity index (χ4v) is 3.99. The van der Waals surface area contributed by atoms with Crippen molar-refractivity contribution < 1.29 is 9.47 Å². The molecule has 2 aromatic heterocycles. The van der Waals surface area contributed by atoms with Gasteiger partial charge in [-0.1, -0.05) is 36.4 Å². The summed E-state index contributed by atoms with van der Waals surface area (Å²) in [6.07, 6.45) is 6.14.